The van der Waals surface area contributed by atoms with E-state index in [0.717, 1.165) is 24.3 Å². The SMILES string of the molecule is COc1ccc2c(c1)C(C)C(=NO)CC2. The number of aryl methyl sites for hydroxylation is 1. The number of fused-ring (bicyclic) bond motifs is 1. The molecular formula is C12H15NO2. The minimum absolute atomic E-state index is 0.189. The van der Waals surface area contributed by atoms with Crippen molar-refractivity contribution in [1.29, 1.82) is 0 Å². The third-order valence-corrected chi connectivity index (χ3v) is 3.10. The minimum Gasteiger partial charge on any atom is -0.497 e. The molecule has 2 rings (SSSR count). The standard InChI is InChI=1S/C12H15NO2/c1-8-11-7-10(15-2)5-3-9(11)4-6-12(8)13-14/h3,5,7-8,14H,4,6H2,1-2H3. The summed E-state index contributed by atoms with van der Waals surface area (Å²) < 4.78 is 5.20. The Morgan fingerprint density at radius 3 is 2.87 bits per heavy atom. The summed E-state index contributed by atoms with van der Waals surface area (Å²) >= 11 is 0. The second kappa shape index (κ2) is 3.93. The highest BCUT2D eigenvalue weighted by atomic mass is 16.5. The van der Waals surface area contributed by atoms with Gasteiger partial charge in [-0.25, -0.2) is 0 Å². The summed E-state index contributed by atoms with van der Waals surface area (Å²) in [5, 5.41) is 12.2. The molecule has 0 aromatic heterocycles. The predicted molar refractivity (Wildman–Crippen MR) is 59.0 cm³/mol. The highest BCUT2D eigenvalue weighted by Crippen LogP contribution is 2.32. The Morgan fingerprint density at radius 2 is 2.20 bits per heavy atom. The first kappa shape index (κ1) is 10.0. The zero-order valence-electron chi connectivity index (χ0n) is 9.03. The monoisotopic (exact) mass is 205 g/mol. The molecular weight excluding hydrogens is 190 g/mol. The number of rotatable bonds is 1. The van der Waals surface area contributed by atoms with Crippen LogP contribution in [0, 0.1) is 0 Å². The molecule has 1 N–H and O–H groups in total. The van der Waals surface area contributed by atoms with E-state index in [-0.39, 0.29) is 5.92 Å². The fourth-order valence-electron chi connectivity index (χ4n) is 2.13. The minimum atomic E-state index is 0.189. The second-order valence-corrected chi connectivity index (χ2v) is 3.88. The molecule has 1 unspecified atom stereocenters. The average molecular weight is 205 g/mol. The van der Waals surface area contributed by atoms with Gasteiger partial charge in [-0.15, -0.1) is 0 Å². The van der Waals surface area contributed by atoms with Gasteiger partial charge in [0.15, 0.2) is 0 Å². The molecule has 0 saturated carbocycles. The third-order valence-electron chi connectivity index (χ3n) is 3.10. The number of hydrogen-bond donors (Lipinski definition) is 1. The Bertz CT molecular complexity index is 399. The van der Waals surface area contributed by atoms with Crippen LogP contribution in [0.5, 0.6) is 5.75 Å². The molecule has 3 nitrogen and oxygen atoms in total. The molecule has 0 saturated heterocycles. The molecule has 0 fully saturated rings. The van der Waals surface area contributed by atoms with Crippen molar-refractivity contribution in [2.75, 3.05) is 7.11 Å². The Morgan fingerprint density at radius 1 is 1.40 bits per heavy atom. The fraction of sp³-hybridized carbons (Fsp3) is 0.417. The summed E-state index contributed by atoms with van der Waals surface area (Å²) in [6.45, 7) is 2.06. The zero-order chi connectivity index (χ0) is 10.8. The van der Waals surface area contributed by atoms with Crippen LogP contribution >= 0.6 is 0 Å². The van der Waals surface area contributed by atoms with Gasteiger partial charge in [0, 0.05) is 5.92 Å². The number of hydrogen-bond acceptors (Lipinski definition) is 3. The molecule has 0 radical (unpaired) electrons. The lowest BCUT2D eigenvalue weighted by Crippen LogP contribution is -2.18. The van der Waals surface area contributed by atoms with Crippen LogP contribution in [0.25, 0.3) is 0 Å². The van der Waals surface area contributed by atoms with Gasteiger partial charge in [0.25, 0.3) is 0 Å². The summed E-state index contributed by atoms with van der Waals surface area (Å²) in [5.74, 6) is 1.05. The van der Waals surface area contributed by atoms with Crippen LogP contribution in [0.3, 0.4) is 0 Å². The van der Waals surface area contributed by atoms with Crippen LogP contribution in [0.2, 0.25) is 0 Å². The summed E-state index contributed by atoms with van der Waals surface area (Å²) in [5.41, 5.74) is 3.40. The van der Waals surface area contributed by atoms with Crippen LogP contribution in [0.1, 0.15) is 30.4 Å². The molecule has 1 aromatic carbocycles. The van der Waals surface area contributed by atoms with Crippen molar-refractivity contribution in [2.45, 2.75) is 25.7 Å². The molecule has 0 heterocycles. The highest BCUT2D eigenvalue weighted by Gasteiger charge is 2.22. The average Bonchev–Trinajstić information content (AvgIpc) is 2.29. The zero-order valence-corrected chi connectivity index (χ0v) is 9.03. The first-order valence-electron chi connectivity index (χ1n) is 5.14. The number of ether oxygens (including phenoxy) is 1. The van der Waals surface area contributed by atoms with Crippen molar-refractivity contribution in [3.63, 3.8) is 0 Å². The number of nitrogens with zero attached hydrogens (tertiary/aromatic N) is 1. The molecule has 1 aromatic rings. The first-order chi connectivity index (χ1) is 7.26. The van der Waals surface area contributed by atoms with Crippen LogP contribution < -0.4 is 4.74 Å². The first-order valence-corrected chi connectivity index (χ1v) is 5.14. The molecule has 0 amide bonds. The molecule has 0 bridgehead atoms. The van der Waals surface area contributed by atoms with Crippen molar-refractivity contribution in [2.24, 2.45) is 5.16 Å². The normalized spacial score (nSPS) is 22.5. The third kappa shape index (κ3) is 1.69. The second-order valence-electron chi connectivity index (χ2n) is 3.88. The predicted octanol–water partition coefficient (Wildman–Crippen LogP) is 2.58. The van der Waals surface area contributed by atoms with E-state index in [2.05, 4.69) is 18.1 Å². The maximum absolute atomic E-state index is 8.87. The molecule has 1 atom stereocenters. The van der Waals surface area contributed by atoms with Crippen molar-refractivity contribution in [3.05, 3.63) is 29.3 Å². The highest BCUT2D eigenvalue weighted by molar-refractivity contribution is 5.92. The van der Waals surface area contributed by atoms with E-state index in [0.29, 0.717) is 0 Å². The van der Waals surface area contributed by atoms with E-state index in [1.54, 1.807) is 7.11 Å². The summed E-state index contributed by atoms with van der Waals surface area (Å²) in [6, 6.07) is 6.11. The Hall–Kier alpha value is -1.51. The fourth-order valence-corrected chi connectivity index (χ4v) is 2.13. The Labute approximate surface area is 89.4 Å². The molecule has 0 aliphatic heterocycles. The van der Waals surface area contributed by atoms with Gasteiger partial charge in [0.05, 0.1) is 12.8 Å². The maximum Gasteiger partial charge on any atom is 0.119 e. The van der Waals surface area contributed by atoms with Gasteiger partial charge in [-0.2, -0.15) is 0 Å². The molecule has 80 valence electrons. The van der Waals surface area contributed by atoms with Gasteiger partial charge < -0.3 is 9.94 Å². The van der Waals surface area contributed by atoms with Crippen LogP contribution in [0.4, 0.5) is 0 Å². The van der Waals surface area contributed by atoms with Gasteiger partial charge in [-0.3, -0.25) is 0 Å². The molecule has 0 spiro atoms. The van der Waals surface area contributed by atoms with Crippen molar-refractivity contribution >= 4 is 5.71 Å². The smallest absolute Gasteiger partial charge is 0.119 e. The molecule has 15 heavy (non-hydrogen) atoms. The summed E-state index contributed by atoms with van der Waals surface area (Å²) in [4.78, 5) is 0. The van der Waals surface area contributed by atoms with Gasteiger partial charge in [-0.1, -0.05) is 18.1 Å². The maximum atomic E-state index is 8.87. The lowest BCUT2D eigenvalue weighted by molar-refractivity contribution is 0.315. The Kier molecular flexibility index (Phi) is 2.62. The lowest BCUT2D eigenvalue weighted by atomic mass is 9.82. The van der Waals surface area contributed by atoms with E-state index in [1.807, 2.05) is 12.1 Å². The Balaban J connectivity index is 2.44. The number of methoxy groups -OCH3 is 1. The van der Waals surface area contributed by atoms with Crippen molar-refractivity contribution in [3.8, 4) is 5.75 Å². The van der Waals surface area contributed by atoms with Crippen molar-refractivity contribution in [1.82, 2.24) is 0 Å². The van der Waals surface area contributed by atoms with Crippen LogP contribution in [-0.2, 0) is 6.42 Å². The van der Waals surface area contributed by atoms with Gasteiger partial charge in [0.1, 0.15) is 5.75 Å². The van der Waals surface area contributed by atoms with Crippen molar-refractivity contribution < 1.29 is 9.94 Å². The van der Waals surface area contributed by atoms with E-state index in [1.165, 1.54) is 11.1 Å². The lowest BCUT2D eigenvalue weighted by Gasteiger charge is -2.23. The van der Waals surface area contributed by atoms with E-state index < -0.39 is 0 Å². The molecule has 1 aliphatic carbocycles. The van der Waals surface area contributed by atoms with Gasteiger partial charge >= 0.3 is 0 Å². The largest absolute Gasteiger partial charge is 0.497 e. The van der Waals surface area contributed by atoms with Gasteiger partial charge in [0.2, 0.25) is 0 Å². The van der Waals surface area contributed by atoms with E-state index in [4.69, 9.17) is 9.94 Å². The number of benzene rings is 1. The quantitative estimate of drug-likeness (QED) is 0.565. The molecule has 3 heteroatoms. The van der Waals surface area contributed by atoms with Crippen LogP contribution in [-0.4, -0.2) is 18.0 Å². The van der Waals surface area contributed by atoms with E-state index in [9.17, 15) is 0 Å². The molecule has 1 aliphatic rings. The summed E-state index contributed by atoms with van der Waals surface area (Å²) in [7, 11) is 1.66. The van der Waals surface area contributed by atoms with Gasteiger partial charge in [-0.05, 0) is 36.1 Å². The van der Waals surface area contributed by atoms with Crippen LogP contribution in [0.15, 0.2) is 23.4 Å². The number of oxime groups is 1. The topological polar surface area (TPSA) is 41.8 Å². The summed E-state index contributed by atoms with van der Waals surface area (Å²) in [6.07, 6.45) is 1.79. The van der Waals surface area contributed by atoms with E-state index >= 15 is 0 Å².